The lowest BCUT2D eigenvalue weighted by molar-refractivity contribution is 0.301. The normalized spacial score (nSPS) is 19.1. The highest BCUT2D eigenvalue weighted by Crippen LogP contribution is 2.09. The summed E-state index contributed by atoms with van der Waals surface area (Å²) in [5.41, 5.74) is 5.49. The number of nitrogens with zero attached hydrogens (tertiary/aromatic N) is 2. The molecule has 0 radical (unpaired) electrons. The molecule has 1 N–H and O–H groups in total. The Balaban J connectivity index is 2.94. The molecule has 0 saturated carbocycles. The van der Waals surface area contributed by atoms with Crippen molar-refractivity contribution in [1.82, 2.24) is 10.5 Å². The molecule has 0 atom stereocenters. The summed E-state index contributed by atoms with van der Waals surface area (Å²) in [6, 6.07) is 0. The number of hydrazine groups is 1. The van der Waals surface area contributed by atoms with Gasteiger partial charge in [0.15, 0.2) is 0 Å². The van der Waals surface area contributed by atoms with Crippen LogP contribution in [0.2, 0.25) is 0 Å². The number of nitrogens with one attached hydrogen (secondary N) is 1. The van der Waals surface area contributed by atoms with Crippen LogP contribution >= 0.6 is 0 Å². The Labute approximate surface area is 64.2 Å². The van der Waals surface area contributed by atoms with Crippen LogP contribution in [0.4, 0.5) is 0 Å². The lowest BCUT2D eigenvalue weighted by Gasteiger charge is -2.25. The van der Waals surface area contributed by atoms with Crippen molar-refractivity contribution in [3.8, 4) is 0 Å². The lowest BCUT2D eigenvalue weighted by Crippen LogP contribution is -2.34. The molecule has 56 valence electrons. The molecule has 4 heteroatoms. The number of rotatable bonds is 0. The Morgan fingerprint density at radius 2 is 2.10 bits per heavy atom. The smallest absolute Gasteiger partial charge is 0.0652 e. The van der Waals surface area contributed by atoms with Crippen molar-refractivity contribution in [2.24, 2.45) is 5.10 Å². The predicted octanol–water partition coefficient (Wildman–Crippen LogP) is -0.591. The molecule has 10 heavy (non-hydrogen) atoms. The van der Waals surface area contributed by atoms with Crippen molar-refractivity contribution in [2.75, 3.05) is 7.05 Å². The topological polar surface area (TPSA) is 27.6 Å². The van der Waals surface area contributed by atoms with E-state index in [1.165, 1.54) is 16.6 Å². The van der Waals surface area contributed by atoms with Crippen molar-refractivity contribution in [3.63, 3.8) is 0 Å². The molecule has 0 aliphatic carbocycles. The van der Waals surface area contributed by atoms with E-state index in [1.54, 1.807) is 0 Å². The third-order valence-electron chi connectivity index (χ3n) is 1.96. The Bertz CT molecular complexity index is 207. The van der Waals surface area contributed by atoms with E-state index in [0.29, 0.717) is 0 Å². The minimum absolute atomic E-state index is 1.02. The van der Waals surface area contributed by atoms with Crippen molar-refractivity contribution in [3.05, 3.63) is 11.3 Å². The van der Waals surface area contributed by atoms with Gasteiger partial charge in [0.1, 0.15) is 0 Å². The molecule has 3 nitrogen and oxygen atoms in total. The maximum absolute atomic E-state index is 4.14. The second-order valence-electron chi connectivity index (χ2n) is 2.57. The quantitative estimate of drug-likeness (QED) is 0.473. The van der Waals surface area contributed by atoms with E-state index in [2.05, 4.69) is 24.5 Å². The first kappa shape index (κ1) is 7.34. The van der Waals surface area contributed by atoms with Crippen LogP contribution in [-0.2, 0) is 0 Å². The maximum Gasteiger partial charge on any atom is 0.0652 e. The van der Waals surface area contributed by atoms with Gasteiger partial charge in [0, 0.05) is 18.1 Å². The maximum atomic E-state index is 4.14. The Morgan fingerprint density at radius 3 is 2.60 bits per heavy atom. The second-order valence-corrected chi connectivity index (χ2v) is 3.51. The first-order valence-corrected chi connectivity index (χ1v) is 4.34. The molecule has 0 fully saturated rings. The average molecular weight is 155 g/mol. The van der Waals surface area contributed by atoms with Crippen LogP contribution in [0, 0.1) is 0 Å². The average Bonchev–Trinajstić information content (AvgIpc) is 1.93. The van der Waals surface area contributed by atoms with Gasteiger partial charge in [0.05, 0.1) is 10.2 Å². The number of hydrogen-bond donors (Lipinski definition) is 1. The molecule has 1 rings (SSSR count). The van der Waals surface area contributed by atoms with Crippen LogP contribution < -0.4 is 5.53 Å². The summed E-state index contributed by atoms with van der Waals surface area (Å²) in [6.07, 6.45) is 0. The third kappa shape index (κ3) is 1.06. The van der Waals surface area contributed by atoms with E-state index in [9.17, 15) is 0 Å². The van der Waals surface area contributed by atoms with Gasteiger partial charge in [-0.15, -0.1) is 0 Å². The van der Waals surface area contributed by atoms with Gasteiger partial charge in [-0.2, -0.15) is 5.10 Å². The molecule has 0 bridgehead atoms. The fourth-order valence-corrected chi connectivity index (χ4v) is 1.28. The Hall–Kier alpha value is -0.773. The van der Waals surface area contributed by atoms with Crippen LogP contribution in [0.3, 0.4) is 0 Å². The van der Waals surface area contributed by atoms with E-state index in [0.717, 1.165) is 10.2 Å². The zero-order valence-corrected chi connectivity index (χ0v) is 8.89. The van der Waals surface area contributed by atoms with Crippen LogP contribution in [0.15, 0.2) is 16.4 Å². The summed E-state index contributed by atoms with van der Waals surface area (Å²) in [5.74, 6) is 0. The van der Waals surface area contributed by atoms with Crippen molar-refractivity contribution in [1.29, 1.82) is 0 Å². The van der Waals surface area contributed by atoms with Gasteiger partial charge in [0.25, 0.3) is 0 Å². The standard InChI is InChI=1S/C6H13N3Si/c1-4-5(2)9(3)8-7-6(4)10/h8H,1-3,10H3. The SMILES string of the molecule is CC1=C(C)N(C)NN=C1[SiH3]. The fourth-order valence-electron chi connectivity index (χ4n) is 0.822. The Morgan fingerprint density at radius 1 is 1.50 bits per heavy atom. The van der Waals surface area contributed by atoms with Gasteiger partial charge in [0.2, 0.25) is 0 Å². The van der Waals surface area contributed by atoms with E-state index < -0.39 is 0 Å². The largest absolute Gasteiger partial charge is 0.279 e. The van der Waals surface area contributed by atoms with Crippen molar-refractivity contribution in [2.45, 2.75) is 13.8 Å². The molecule has 1 aliphatic heterocycles. The minimum atomic E-state index is 1.02. The number of hydrazone groups is 1. The van der Waals surface area contributed by atoms with Crippen LogP contribution in [-0.4, -0.2) is 27.6 Å². The Kier molecular flexibility index (Phi) is 1.80. The first-order valence-electron chi connectivity index (χ1n) is 3.34. The minimum Gasteiger partial charge on any atom is -0.279 e. The van der Waals surface area contributed by atoms with Gasteiger partial charge in [-0.25, -0.2) is 5.53 Å². The summed E-state index contributed by atoms with van der Waals surface area (Å²) >= 11 is 0. The lowest BCUT2D eigenvalue weighted by atomic mass is 10.2. The van der Waals surface area contributed by atoms with E-state index in [1.807, 2.05) is 12.1 Å². The zero-order valence-electron chi connectivity index (χ0n) is 6.89. The number of allylic oxidation sites excluding steroid dienone is 2. The number of hydrogen-bond acceptors (Lipinski definition) is 3. The fraction of sp³-hybridized carbons (Fsp3) is 0.500. The van der Waals surface area contributed by atoms with Gasteiger partial charge in [-0.1, -0.05) is 0 Å². The summed E-state index contributed by atoms with van der Waals surface area (Å²) < 4.78 is 0. The van der Waals surface area contributed by atoms with Crippen LogP contribution in [0.25, 0.3) is 0 Å². The zero-order chi connectivity index (χ0) is 7.72. The van der Waals surface area contributed by atoms with Crippen molar-refractivity contribution < 1.29 is 0 Å². The van der Waals surface area contributed by atoms with Crippen molar-refractivity contribution >= 4 is 15.6 Å². The van der Waals surface area contributed by atoms with E-state index >= 15 is 0 Å². The van der Waals surface area contributed by atoms with Gasteiger partial charge >= 0.3 is 0 Å². The van der Waals surface area contributed by atoms with E-state index in [4.69, 9.17) is 0 Å². The molecule has 0 aromatic carbocycles. The third-order valence-corrected chi connectivity index (χ3v) is 2.93. The summed E-state index contributed by atoms with van der Waals surface area (Å²) in [5, 5.41) is 7.27. The van der Waals surface area contributed by atoms with E-state index in [-0.39, 0.29) is 0 Å². The first-order chi connectivity index (χ1) is 4.63. The molecule has 1 aliphatic rings. The molecule has 0 unspecified atom stereocenters. The van der Waals surface area contributed by atoms with Gasteiger partial charge in [-0.05, 0) is 19.4 Å². The summed E-state index contributed by atoms with van der Waals surface area (Å²) in [7, 11) is 2.99. The summed E-state index contributed by atoms with van der Waals surface area (Å²) in [4.78, 5) is 0. The molecular formula is C6H13N3Si. The highest BCUT2D eigenvalue weighted by atomic mass is 28.1. The predicted molar refractivity (Wildman–Crippen MR) is 46.6 cm³/mol. The molecule has 0 aromatic heterocycles. The van der Waals surface area contributed by atoms with Gasteiger partial charge < -0.3 is 0 Å². The molecular weight excluding hydrogens is 142 g/mol. The molecule has 0 saturated heterocycles. The highest BCUT2D eigenvalue weighted by molar-refractivity contribution is 6.64. The molecule has 0 amide bonds. The molecule has 1 heterocycles. The monoisotopic (exact) mass is 155 g/mol. The molecule has 0 spiro atoms. The summed E-state index contributed by atoms with van der Waals surface area (Å²) in [6.45, 7) is 4.20. The van der Waals surface area contributed by atoms with Crippen LogP contribution in [0.1, 0.15) is 13.8 Å². The molecule has 0 aromatic rings. The van der Waals surface area contributed by atoms with Crippen LogP contribution in [0.5, 0.6) is 0 Å². The highest BCUT2D eigenvalue weighted by Gasteiger charge is 2.08. The van der Waals surface area contributed by atoms with Gasteiger partial charge in [-0.3, -0.25) is 5.01 Å². The second kappa shape index (κ2) is 2.46.